The minimum atomic E-state index is -0.703. The second kappa shape index (κ2) is 13.7. The van der Waals surface area contributed by atoms with Gasteiger partial charge in [-0.05, 0) is 25.0 Å². The molecule has 0 bridgehead atoms. The van der Waals surface area contributed by atoms with Crippen LogP contribution in [0, 0.1) is 11.7 Å². The third-order valence-corrected chi connectivity index (χ3v) is 5.40. The third kappa shape index (κ3) is 8.43. The Morgan fingerprint density at radius 2 is 1.66 bits per heavy atom. The Labute approximate surface area is 175 Å². The topological polar surface area (TPSA) is 44.8 Å². The largest absolute Gasteiger partial charge is 0.462 e. The van der Waals surface area contributed by atoms with Crippen LogP contribution >= 0.6 is 0 Å². The first-order valence-corrected chi connectivity index (χ1v) is 11.4. The molecule has 2 rings (SSSR count). The van der Waals surface area contributed by atoms with Gasteiger partial charge in [-0.3, -0.25) is 0 Å². The lowest BCUT2D eigenvalue weighted by Gasteiger charge is -2.30. The van der Waals surface area contributed by atoms with Crippen molar-refractivity contribution in [2.45, 2.75) is 84.3 Å². The van der Waals surface area contributed by atoms with Gasteiger partial charge in [-0.25, -0.2) is 9.18 Å². The molecule has 0 amide bonds. The SMILES string of the molecule is CCCCCCCCC1COC(c2ccc(C(=O)OCCCCC)cc2F)OC1. The molecule has 1 heterocycles. The van der Waals surface area contributed by atoms with Gasteiger partial charge in [-0.2, -0.15) is 0 Å². The Morgan fingerprint density at radius 3 is 2.34 bits per heavy atom. The van der Waals surface area contributed by atoms with E-state index in [2.05, 4.69) is 13.8 Å². The molecule has 1 aliphatic heterocycles. The molecule has 1 saturated heterocycles. The fourth-order valence-corrected chi connectivity index (χ4v) is 3.55. The van der Waals surface area contributed by atoms with Crippen LogP contribution in [0.1, 0.15) is 100 Å². The molecule has 1 aromatic rings. The van der Waals surface area contributed by atoms with E-state index in [1.165, 1.54) is 44.6 Å². The fraction of sp³-hybridized carbons (Fsp3) is 0.708. The molecule has 164 valence electrons. The number of hydrogen-bond acceptors (Lipinski definition) is 4. The Morgan fingerprint density at radius 1 is 1.00 bits per heavy atom. The van der Waals surface area contributed by atoms with Crippen LogP contribution in [-0.2, 0) is 14.2 Å². The summed E-state index contributed by atoms with van der Waals surface area (Å²) in [6.07, 6.45) is 10.9. The zero-order valence-electron chi connectivity index (χ0n) is 18.1. The van der Waals surface area contributed by atoms with Gasteiger partial charge in [-0.1, -0.05) is 71.3 Å². The summed E-state index contributed by atoms with van der Waals surface area (Å²) < 4.78 is 31.2. The van der Waals surface area contributed by atoms with Crippen LogP contribution < -0.4 is 0 Å². The molecule has 0 saturated carbocycles. The van der Waals surface area contributed by atoms with Crippen molar-refractivity contribution >= 4 is 5.97 Å². The highest BCUT2D eigenvalue weighted by Crippen LogP contribution is 2.29. The van der Waals surface area contributed by atoms with Gasteiger partial charge >= 0.3 is 5.97 Å². The summed E-state index contributed by atoms with van der Waals surface area (Å²) >= 11 is 0. The molecular formula is C24H37FO4. The predicted octanol–water partition coefficient (Wildman–Crippen LogP) is 6.58. The average Bonchev–Trinajstić information content (AvgIpc) is 2.74. The average molecular weight is 409 g/mol. The maximum Gasteiger partial charge on any atom is 0.338 e. The van der Waals surface area contributed by atoms with Crippen LogP contribution in [0.25, 0.3) is 0 Å². The summed E-state index contributed by atoms with van der Waals surface area (Å²) in [5, 5.41) is 0. The number of carbonyl (C=O) groups excluding carboxylic acids is 1. The minimum absolute atomic E-state index is 0.222. The Hall–Kier alpha value is -1.46. The highest BCUT2D eigenvalue weighted by molar-refractivity contribution is 5.89. The molecule has 4 nitrogen and oxygen atoms in total. The van der Waals surface area contributed by atoms with E-state index in [0.29, 0.717) is 31.3 Å². The monoisotopic (exact) mass is 408 g/mol. The van der Waals surface area contributed by atoms with E-state index in [0.717, 1.165) is 25.7 Å². The summed E-state index contributed by atoms with van der Waals surface area (Å²) in [5.74, 6) is -0.610. The van der Waals surface area contributed by atoms with Crippen LogP contribution in [0.3, 0.4) is 0 Å². The van der Waals surface area contributed by atoms with Crippen molar-refractivity contribution in [2.75, 3.05) is 19.8 Å². The van der Waals surface area contributed by atoms with Gasteiger partial charge in [0.15, 0.2) is 6.29 Å². The highest BCUT2D eigenvalue weighted by atomic mass is 19.1. The number of rotatable bonds is 13. The van der Waals surface area contributed by atoms with Gasteiger partial charge in [0, 0.05) is 11.5 Å². The zero-order chi connectivity index (χ0) is 20.9. The van der Waals surface area contributed by atoms with Gasteiger partial charge < -0.3 is 14.2 Å². The van der Waals surface area contributed by atoms with Crippen molar-refractivity contribution < 1.29 is 23.4 Å². The van der Waals surface area contributed by atoms with Crippen molar-refractivity contribution in [1.82, 2.24) is 0 Å². The molecule has 1 fully saturated rings. The Kier molecular flexibility index (Phi) is 11.3. The standard InChI is InChI=1S/C24H37FO4/c1-3-5-7-8-9-10-12-19-17-28-24(29-18-19)21-14-13-20(16-22(21)25)23(26)27-15-11-6-4-2/h13-14,16,19,24H,3-12,15,17-18H2,1-2H3. The zero-order valence-corrected chi connectivity index (χ0v) is 18.1. The lowest BCUT2D eigenvalue weighted by molar-refractivity contribution is -0.207. The molecule has 0 atom stereocenters. The summed E-state index contributed by atoms with van der Waals surface area (Å²) in [6.45, 7) is 5.84. The first-order valence-electron chi connectivity index (χ1n) is 11.4. The van der Waals surface area contributed by atoms with Crippen LogP contribution in [0.4, 0.5) is 4.39 Å². The lowest BCUT2D eigenvalue weighted by Crippen LogP contribution is -2.27. The highest BCUT2D eigenvalue weighted by Gasteiger charge is 2.26. The quantitative estimate of drug-likeness (QED) is 0.273. The summed E-state index contributed by atoms with van der Waals surface area (Å²) in [4.78, 5) is 12.0. The number of benzene rings is 1. The number of ether oxygens (including phenoxy) is 3. The second-order valence-corrected chi connectivity index (χ2v) is 8.00. The van der Waals surface area contributed by atoms with Crippen LogP contribution in [0.5, 0.6) is 0 Å². The van der Waals surface area contributed by atoms with Gasteiger partial charge in [0.05, 0.1) is 25.4 Å². The van der Waals surface area contributed by atoms with E-state index in [1.54, 1.807) is 12.1 Å². The van der Waals surface area contributed by atoms with Crippen molar-refractivity contribution in [2.24, 2.45) is 5.92 Å². The van der Waals surface area contributed by atoms with E-state index in [9.17, 15) is 9.18 Å². The van der Waals surface area contributed by atoms with Crippen molar-refractivity contribution in [1.29, 1.82) is 0 Å². The maximum atomic E-state index is 14.5. The fourth-order valence-electron chi connectivity index (χ4n) is 3.55. The summed E-state index contributed by atoms with van der Waals surface area (Å²) in [7, 11) is 0. The molecule has 0 N–H and O–H groups in total. The van der Waals surface area contributed by atoms with E-state index in [4.69, 9.17) is 14.2 Å². The number of hydrogen-bond donors (Lipinski definition) is 0. The molecule has 1 aromatic carbocycles. The first kappa shape index (κ1) is 23.8. The molecule has 0 aliphatic carbocycles. The minimum Gasteiger partial charge on any atom is -0.462 e. The molecule has 0 spiro atoms. The van der Waals surface area contributed by atoms with Crippen molar-refractivity contribution in [3.63, 3.8) is 0 Å². The van der Waals surface area contributed by atoms with Crippen LogP contribution in [-0.4, -0.2) is 25.8 Å². The molecule has 0 aromatic heterocycles. The van der Waals surface area contributed by atoms with Gasteiger partial charge in [0.2, 0.25) is 0 Å². The Bertz CT molecular complexity index is 597. The normalized spacial score (nSPS) is 19.3. The second-order valence-electron chi connectivity index (χ2n) is 8.00. The van der Waals surface area contributed by atoms with Crippen molar-refractivity contribution in [3.8, 4) is 0 Å². The number of esters is 1. The molecular weight excluding hydrogens is 371 g/mol. The van der Waals surface area contributed by atoms with Crippen molar-refractivity contribution in [3.05, 3.63) is 35.1 Å². The maximum absolute atomic E-state index is 14.5. The van der Waals surface area contributed by atoms with E-state index in [1.807, 2.05) is 0 Å². The van der Waals surface area contributed by atoms with Crippen LogP contribution in [0.15, 0.2) is 18.2 Å². The van der Waals surface area contributed by atoms with Gasteiger partial charge in [0.1, 0.15) is 5.82 Å². The predicted molar refractivity (Wildman–Crippen MR) is 112 cm³/mol. The molecule has 0 unspecified atom stereocenters. The smallest absolute Gasteiger partial charge is 0.338 e. The molecule has 29 heavy (non-hydrogen) atoms. The number of carbonyl (C=O) groups is 1. The number of unbranched alkanes of at least 4 members (excludes halogenated alkanes) is 7. The molecule has 5 heteroatoms. The summed E-state index contributed by atoms with van der Waals surface area (Å²) in [5.41, 5.74) is 0.560. The van der Waals surface area contributed by atoms with E-state index >= 15 is 0 Å². The van der Waals surface area contributed by atoms with Gasteiger partial charge in [-0.15, -0.1) is 0 Å². The number of halogens is 1. The third-order valence-electron chi connectivity index (χ3n) is 5.40. The lowest BCUT2D eigenvalue weighted by atomic mass is 10.0. The van der Waals surface area contributed by atoms with E-state index < -0.39 is 18.1 Å². The molecule has 1 aliphatic rings. The molecule has 0 radical (unpaired) electrons. The Balaban J connectivity index is 1.74. The van der Waals surface area contributed by atoms with E-state index in [-0.39, 0.29) is 5.56 Å². The first-order chi connectivity index (χ1) is 14.2. The van der Waals surface area contributed by atoms with Gasteiger partial charge in [0.25, 0.3) is 0 Å². The van der Waals surface area contributed by atoms with Crippen LogP contribution in [0.2, 0.25) is 0 Å². The summed E-state index contributed by atoms with van der Waals surface area (Å²) in [6, 6.07) is 4.36.